The van der Waals surface area contributed by atoms with Crippen molar-refractivity contribution in [3.8, 4) is 0 Å². The van der Waals surface area contributed by atoms with Crippen LogP contribution in [-0.2, 0) is 11.8 Å². The Morgan fingerprint density at radius 2 is 1.52 bits per heavy atom. The van der Waals surface area contributed by atoms with Gasteiger partial charge in [0.15, 0.2) is 0 Å². The van der Waals surface area contributed by atoms with Gasteiger partial charge >= 0.3 is 0 Å². The molecule has 1 N–H and O–H groups in total. The summed E-state index contributed by atoms with van der Waals surface area (Å²) in [6.45, 7) is 6.70. The standard InChI is InChI=1S/C20H26O/c1-20(2,3)18-14-12-16(13-15-18)8-7-11-19(21)17-9-5-4-6-10-17/h4-6,9-10,12-15,19,21H,7-8,11H2,1-3H3. The molecular formula is C20H26O. The minimum atomic E-state index is -0.347. The third-order valence-electron chi connectivity index (χ3n) is 3.95. The number of aryl methyl sites for hydroxylation is 1. The molecule has 0 heterocycles. The second-order valence-corrected chi connectivity index (χ2v) is 6.77. The van der Waals surface area contributed by atoms with Gasteiger partial charge in [-0.1, -0.05) is 75.4 Å². The van der Waals surface area contributed by atoms with Crippen LogP contribution in [0.25, 0.3) is 0 Å². The van der Waals surface area contributed by atoms with Crippen molar-refractivity contribution >= 4 is 0 Å². The molecule has 0 amide bonds. The quantitative estimate of drug-likeness (QED) is 0.814. The van der Waals surface area contributed by atoms with Crippen molar-refractivity contribution in [3.63, 3.8) is 0 Å². The highest BCUT2D eigenvalue weighted by atomic mass is 16.3. The summed E-state index contributed by atoms with van der Waals surface area (Å²) in [6.07, 6.45) is 2.49. The SMILES string of the molecule is CC(C)(C)c1ccc(CCCC(O)c2ccccc2)cc1. The summed E-state index contributed by atoms with van der Waals surface area (Å²) in [5, 5.41) is 10.1. The van der Waals surface area contributed by atoms with Gasteiger partial charge in [0.05, 0.1) is 6.10 Å². The lowest BCUT2D eigenvalue weighted by atomic mass is 9.86. The Labute approximate surface area is 128 Å². The Morgan fingerprint density at radius 3 is 2.10 bits per heavy atom. The van der Waals surface area contributed by atoms with Gasteiger partial charge in [-0.25, -0.2) is 0 Å². The third kappa shape index (κ3) is 4.71. The van der Waals surface area contributed by atoms with E-state index in [9.17, 15) is 5.11 Å². The fraction of sp³-hybridized carbons (Fsp3) is 0.400. The Bertz CT molecular complexity index is 534. The maximum Gasteiger partial charge on any atom is 0.0790 e. The van der Waals surface area contributed by atoms with E-state index >= 15 is 0 Å². The second-order valence-electron chi connectivity index (χ2n) is 6.77. The van der Waals surface area contributed by atoms with Crippen molar-refractivity contribution in [2.24, 2.45) is 0 Å². The van der Waals surface area contributed by atoms with E-state index in [-0.39, 0.29) is 11.5 Å². The van der Waals surface area contributed by atoms with Crippen LogP contribution in [0.4, 0.5) is 0 Å². The average molecular weight is 282 g/mol. The second kappa shape index (κ2) is 6.91. The van der Waals surface area contributed by atoms with Crippen molar-refractivity contribution < 1.29 is 5.11 Å². The molecule has 0 radical (unpaired) electrons. The molecule has 0 fully saturated rings. The molecule has 0 aliphatic carbocycles. The number of aliphatic hydroxyl groups excluding tert-OH is 1. The molecule has 2 rings (SSSR count). The molecule has 112 valence electrons. The Hall–Kier alpha value is -1.60. The predicted molar refractivity (Wildman–Crippen MR) is 89.5 cm³/mol. The minimum absolute atomic E-state index is 0.210. The lowest BCUT2D eigenvalue weighted by molar-refractivity contribution is 0.164. The maximum absolute atomic E-state index is 10.1. The van der Waals surface area contributed by atoms with E-state index in [4.69, 9.17) is 0 Å². The average Bonchev–Trinajstić information content (AvgIpc) is 2.47. The van der Waals surface area contributed by atoms with Gasteiger partial charge in [0, 0.05) is 0 Å². The molecule has 0 bridgehead atoms. The number of benzene rings is 2. The van der Waals surface area contributed by atoms with Crippen LogP contribution in [0.2, 0.25) is 0 Å². The molecule has 2 aromatic carbocycles. The van der Waals surface area contributed by atoms with Crippen molar-refractivity contribution in [1.82, 2.24) is 0 Å². The van der Waals surface area contributed by atoms with E-state index in [0.717, 1.165) is 24.8 Å². The molecule has 0 saturated heterocycles. The molecule has 21 heavy (non-hydrogen) atoms. The minimum Gasteiger partial charge on any atom is -0.388 e. The zero-order valence-corrected chi connectivity index (χ0v) is 13.3. The van der Waals surface area contributed by atoms with Crippen LogP contribution < -0.4 is 0 Å². The highest BCUT2D eigenvalue weighted by Gasteiger charge is 2.13. The molecule has 1 unspecified atom stereocenters. The lowest BCUT2D eigenvalue weighted by Crippen LogP contribution is -2.10. The first-order chi connectivity index (χ1) is 9.97. The topological polar surface area (TPSA) is 20.2 Å². The molecule has 1 atom stereocenters. The Balaban J connectivity index is 1.84. The summed E-state index contributed by atoms with van der Waals surface area (Å²) < 4.78 is 0. The van der Waals surface area contributed by atoms with E-state index in [0.29, 0.717) is 0 Å². The van der Waals surface area contributed by atoms with Gasteiger partial charge in [-0.15, -0.1) is 0 Å². The smallest absolute Gasteiger partial charge is 0.0790 e. The van der Waals surface area contributed by atoms with Gasteiger partial charge in [0.25, 0.3) is 0 Å². The normalized spacial score (nSPS) is 13.1. The number of aliphatic hydroxyl groups is 1. The van der Waals surface area contributed by atoms with Crippen molar-refractivity contribution in [1.29, 1.82) is 0 Å². The van der Waals surface area contributed by atoms with Crippen LogP contribution >= 0.6 is 0 Å². The molecule has 0 aliphatic heterocycles. The van der Waals surface area contributed by atoms with Crippen molar-refractivity contribution in [3.05, 3.63) is 71.3 Å². The summed E-state index contributed by atoms with van der Waals surface area (Å²) in [5.41, 5.74) is 3.95. The molecule has 0 aromatic heterocycles. The summed E-state index contributed by atoms with van der Waals surface area (Å²) in [5.74, 6) is 0. The van der Waals surface area contributed by atoms with Crippen LogP contribution in [0.1, 0.15) is 56.4 Å². The zero-order chi connectivity index (χ0) is 15.3. The predicted octanol–water partition coefficient (Wildman–Crippen LogP) is 5.04. The summed E-state index contributed by atoms with van der Waals surface area (Å²) in [4.78, 5) is 0. The van der Waals surface area contributed by atoms with Crippen LogP contribution in [0.3, 0.4) is 0 Å². The number of hydrogen-bond acceptors (Lipinski definition) is 1. The first-order valence-corrected chi connectivity index (χ1v) is 7.79. The molecule has 1 nitrogen and oxygen atoms in total. The molecular weight excluding hydrogens is 256 g/mol. The van der Waals surface area contributed by atoms with E-state index in [1.54, 1.807) is 0 Å². The molecule has 0 spiro atoms. The van der Waals surface area contributed by atoms with Crippen LogP contribution in [-0.4, -0.2) is 5.11 Å². The van der Waals surface area contributed by atoms with E-state index in [2.05, 4.69) is 45.0 Å². The zero-order valence-electron chi connectivity index (χ0n) is 13.3. The van der Waals surface area contributed by atoms with Gasteiger partial charge in [0.2, 0.25) is 0 Å². The van der Waals surface area contributed by atoms with Crippen LogP contribution in [0, 0.1) is 0 Å². The van der Waals surface area contributed by atoms with Gasteiger partial charge in [0.1, 0.15) is 0 Å². The largest absolute Gasteiger partial charge is 0.388 e. The third-order valence-corrected chi connectivity index (χ3v) is 3.95. The van der Waals surface area contributed by atoms with Gasteiger partial charge in [-0.2, -0.15) is 0 Å². The molecule has 0 aliphatic rings. The fourth-order valence-corrected chi connectivity index (χ4v) is 2.51. The first kappa shape index (κ1) is 15.8. The van der Waals surface area contributed by atoms with E-state index in [1.165, 1.54) is 11.1 Å². The van der Waals surface area contributed by atoms with E-state index < -0.39 is 0 Å². The molecule has 1 heteroatoms. The summed E-state index contributed by atoms with van der Waals surface area (Å²) in [7, 11) is 0. The highest BCUT2D eigenvalue weighted by Crippen LogP contribution is 2.23. The maximum atomic E-state index is 10.1. The first-order valence-electron chi connectivity index (χ1n) is 7.79. The molecule has 2 aromatic rings. The number of rotatable bonds is 5. The lowest BCUT2D eigenvalue weighted by Gasteiger charge is -2.19. The van der Waals surface area contributed by atoms with Gasteiger partial charge < -0.3 is 5.11 Å². The van der Waals surface area contributed by atoms with Gasteiger partial charge in [-0.3, -0.25) is 0 Å². The van der Waals surface area contributed by atoms with Crippen molar-refractivity contribution in [2.75, 3.05) is 0 Å². The van der Waals surface area contributed by atoms with Crippen molar-refractivity contribution in [2.45, 2.75) is 51.6 Å². The fourth-order valence-electron chi connectivity index (χ4n) is 2.51. The van der Waals surface area contributed by atoms with E-state index in [1.807, 2.05) is 30.3 Å². The van der Waals surface area contributed by atoms with Gasteiger partial charge in [-0.05, 0) is 41.4 Å². The number of hydrogen-bond donors (Lipinski definition) is 1. The highest BCUT2D eigenvalue weighted by molar-refractivity contribution is 5.27. The summed E-state index contributed by atoms with van der Waals surface area (Å²) in [6, 6.07) is 18.8. The summed E-state index contributed by atoms with van der Waals surface area (Å²) >= 11 is 0. The monoisotopic (exact) mass is 282 g/mol. The molecule has 0 saturated carbocycles. The van der Waals surface area contributed by atoms with Crippen LogP contribution in [0.5, 0.6) is 0 Å². The Kier molecular flexibility index (Phi) is 5.19. The van der Waals surface area contributed by atoms with Crippen LogP contribution in [0.15, 0.2) is 54.6 Å². The Morgan fingerprint density at radius 1 is 0.905 bits per heavy atom.